The average molecular weight is 281 g/mol. The van der Waals surface area contributed by atoms with Crippen LogP contribution in [0.15, 0.2) is 9.59 Å². The Bertz CT molecular complexity index is 591. The molecule has 20 heavy (non-hydrogen) atoms. The number of aromatic nitrogens is 3. The molecule has 0 radical (unpaired) electrons. The highest BCUT2D eigenvalue weighted by Gasteiger charge is 2.29. The van der Waals surface area contributed by atoms with Crippen LogP contribution in [0.3, 0.4) is 0 Å². The number of rotatable bonds is 3. The minimum Gasteiger partial charge on any atom is -0.345 e. The third-order valence-corrected chi connectivity index (χ3v) is 4.04. The molecule has 0 spiro atoms. The lowest BCUT2D eigenvalue weighted by atomic mass is 10.1. The smallest absolute Gasteiger partial charge is 0.345 e. The van der Waals surface area contributed by atoms with E-state index in [1.807, 2.05) is 4.90 Å². The summed E-state index contributed by atoms with van der Waals surface area (Å²) in [6.45, 7) is 5.80. The van der Waals surface area contributed by atoms with Gasteiger partial charge in [0, 0.05) is 39.3 Å². The highest BCUT2D eigenvalue weighted by atomic mass is 16.2. The van der Waals surface area contributed by atoms with Crippen molar-refractivity contribution in [2.24, 2.45) is 14.1 Å². The Morgan fingerprint density at radius 1 is 1.25 bits per heavy atom. The molecule has 7 nitrogen and oxygen atoms in total. The molecule has 7 heteroatoms. The molecule has 1 N–H and O–H groups in total. The summed E-state index contributed by atoms with van der Waals surface area (Å²) in [7, 11) is 3.07. The van der Waals surface area contributed by atoms with E-state index < -0.39 is 5.69 Å². The number of nitrogens with zero attached hydrogens (tertiary/aromatic N) is 4. The summed E-state index contributed by atoms with van der Waals surface area (Å²) in [6.07, 6.45) is 1.93. The zero-order valence-corrected chi connectivity index (χ0v) is 12.6. The van der Waals surface area contributed by atoms with Gasteiger partial charge in [-0.3, -0.25) is 9.36 Å². The van der Waals surface area contributed by atoms with Crippen LogP contribution in [0, 0.1) is 0 Å². The standard InChI is InChI=1S/C13H23N5O2/c1-5-9-8-18(10(6-2)7-14-9)11-12(19)16(3)13(20)17(4)15-11/h9-10,14H,5-8H2,1-4H3. The molecule has 0 amide bonds. The summed E-state index contributed by atoms with van der Waals surface area (Å²) in [5, 5.41) is 7.68. The van der Waals surface area contributed by atoms with Crippen LogP contribution < -0.4 is 21.5 Å². The monoisotopic (exact) mass is 281 g/mol. The number of nitrogens with one attached hydrogen (secondary N) is 1. The minimum atomic E-state index is -0.394. The van der Waals surface area contributed by atoms with E-state index in [0.29, 0.717) is 11.9 Å². The summed E-state index contributed by atoms with van der Waals surface area (Å²) in [6, 6.07) is 0.581. The zero-order valence-electron chi connectivity index (χ0n) is 12.6. The molecule has 1 fully saturated rings. The molecule has 2 atom stereocenters. The van der Waals surface area contributed by atoms with Gasteiger partial charge in [-0.15, -0.1) is 5.10 Å². The summed E-state index contributed by atoms with van der Waals surface area (Å²) in [5.41, 5.74) is -0.711. The first-order chi connectivity index (χ1) is 9.49. The van der Waals surface area contributed by atoms with Gasteiger partial charge < -0.3 is 10.2 Å². The van der Waals surface area contributed by atoms with E-state index in [2.05, 4.69) is 24.3 Å². The second-order valence-electron chi connectivity index (χ2n) is 5.32. The maximum Gasteiger partial charge on any atom is 0.346 e. The van der Waals surface area contributed by atoms with Gasteiger partial charge in [0.05, 0.1) is 0 Å². The van der Waals surface area contributed by atoms with E-state index in [1.165, 1.54) is 11.7 Å². The minimum absolute atomic E-state index is 0.232. The molecule has 2 unspecified atom stereocenters. The van der Waals surface area contributed by atoms with Crippen LogP contribution in [0.25, 0.3) is 0 Å². The van der Waals surface area contributed by atoms with E-state index in [0.717, 1.165) is 30.5 Å². The van der Waals surface area contributed by atoms with Gasteiger partial charge >= 0.3 is 5.69 Å². The molecule has 112 valence electrons. The fourth-order valence-electron chi connectivity index (χ4n) is 2.62. The first kappa shape index (κ1) is 14.8. The summed E-state index contributed by atoms with van der Waals surface area (Å²) < 4.78 is 2.35. The van der Waals surface area contributed by atoms with Crippen LogP contribution in [0.1, 0.15) is 26.7 Å². The molecule has 1 aliphatic heterocycles. The van der Waals surface area contributed by atoms with Crippen molar-refractivity contribution >= 4 is 5.82 Å². The van der Waals surface area contributed by atoms with E-state index in [1.54, 1.807) is 7.05 Å². The molecule has 1 aromatic heterocycles. The molecular weight excluding hydrogens is 258 g/mol. The summed E-state index contributed by atoms with van der Waals surface area (Å²) >= 11 is 0. The maximum atomic E-state index is 12.3. The third kappa shape index (κ3) is 2.49. The predicted octanol–water partition coefficient (Wildman–Crippen LogP) is -0.554. The normalized spacial score (nSPS) is 23.1. The Hall–Kier alpha value is -1.63. The van der Waals surface area contributed by atoms with Crippen LogP contribution in [-0.4, -0.2) is 39.5 Å². The molecule has 1 saturated heterocycles. The van der Waals surface area contributed by atoms with Crippen molar-refractivity contribution in [3.63, 3.8) is 0 Å². The van der Waals surface area contributed by atoms with E-state index in [9.17, 15) is 9.59 Å². The summed E-state index contributed by atoms with van der Waals surface area (Å²) in [5.74, 6) is 0.376. The molecule has 2 rings (SSSR count). The van der Waals surface area contributed by atoms with Gasteiger partial charge in [-0.25, -0.2) is 9.48 Å². The van der Waals surface area contributed by atoms with Gasteiger partial charge in [-0.2, -0.15) is 0 Å². The first-order valence-electron chi connectivity index (χ1n) is 7.13. The van der Waals surface area contributed by atoms with Crippen molar-refractivity contribution in [2.75, 3.05) is 18.0 Å². The Morgan fingerprint density at radius 2 is 1.95 bits per heavy atom. The van der Waals surface area contributed by atoms with Crippen LogP contribution in [-0.2, 0) is 14.1 Å². The predicted molar refractivity (Wildman–Crippen MR) is 78.2 cm³/mol. The number of hydrogen-bond donors (Lipinski definition) is 1. The SMILES string of the molecule is CCC1CN(c2nn(C)c(=O)n(C)c2=O)C(CC)CN1. The van der Waals surface area contributed by atoms with Crippen molar-refractivity contribution in [1.82, 2.24) is 19.7 Å². The topological polar surface area (TPSA) is 72.2 Å². The van der Waals surface area contributed by atoms with Gasteiger partial charge in [0.25, 0.3) is 5.56 Å². The Balaban J connectivity index is 2.47. The van der Waals surface area contributed by atoms with Crippen molar-refractivity contribution in [3.05, 3.63) is 20.8 Å². The second-order valence-corrected chi connectivity index (χ2v) is 5.32. The quantitative estimate of drug-likeness (QED) is 0.804. The van der Waals surface area contributed by atoms with Crippen LogP contribution in [0.2, 0.25) is 0 Å². The number of anilines is 1. The zero-order chi connectivity index (χ0) is 14.9. The Morgan fingerprint density at radius 3 is 2.55 bits per heavy atom. The van der Waals surface area contributed by atoms with Gasteiger partial charge in [0.2, 0.25) is 5.82 Å². The van der Waals surface area contributed by atoms with Crippen molar-refractivity contribution in [2.45, 2.75) is 38.8 Å². The van der Waals surface area contributed by atoms with Crippen molar-refractivity contribution in [1.29, 1.82) is 0 Å². The molecular formula is C13H23N5O2. The molecule has 1 aliphatic rings. The number of piperazine rings is 1. The van der Waals surface area contributed by atoms with Crippen molar-refractivity contribution < 1.29 is 0 Å². The van der Waals surface area contributed by atoms with Crippen molar-refractivity contribution in [3.8, 4) is 0 Å². The highest BCUT2D eigenvalue weighted by Crippen LogP contribution is 2.16. The second kappa shape index (κ2) is 5.78. The lowest BCUT2D eigenvalue weighted by Crippen LogP contribution is -2.58. The molecule has 0 saturated carbocycles. The largest absolute Gasteiger partial charge is 0.346 e. The molecule has 1 aromatic rings. The molecule has 0 aromatic carbocycles. The van der Waals surface area contributed by atoms with Crippen LogP contribution in [0.4, 0.5) is 5.82 Å². The van der Waals surface area contributed by atoms with Crippen LogP contribution >= 0.6 is 0 Å². The number of aryl methyl sites for hydroxylation is 1. The average Bonchev–Trinajstić information content (AvgIpc) is 2.48. The molecule has 0 bridgehead atoms. The van der Waals surface area contributed by atoms with E-state index in [4.69, 9.17) is 0 Å². The Labute approximate surface area is 118 Å². The third-order valence-electron chi connectivity index (χ3n) is 4.04. The fraction of sp³-hybridized carbons (Fsp3) is 0.769. The Kier molecular flexibility index (Phi) is 4.27. The molecule has 2 heterocycles. The maximum absolute atomic E-state index is 12.3. The lowest BCUT2D eigenvalue weighted by molar-refractivity contribution is 0.372. The first-order valence-corrected chi connectivity index (χ1v) is 7.13. The van der Waals surface area contributed by atoms with E-state index >= 15 is 0 Å². The van der Waals surface area contributed by atoms with Gasteiger partial charge in [0.15, 0.2) is 0 Å². The number of hydrogen-bond acceptors (Lipinski definition) is 5. The molecule has 0 aliphatic carbocycles. The lowest BCUT2D eigenvalue weighted by Gasteiger charge is -2.40. The van der Waals surface area contributed by atoms with Gasteiger partial charge in [0.1, 0.15) is 0 Å². The summed E-state index contributed by atoms with van der Waals surface area (Å²) in [4.78, 5) is 26.1. The van der Waals surface area contributed by atoms with Gasteiger partial charge in [-0.1, -0.05) is 13.8 Å². The van der Waals surface area contributed by atoms with E-state index in [-0.39, 0.29) is 11.6 Å². The fourth-order valence-corrected chi connectivity index (χ4v) is 2.62. The van der Waals surface area contributed by atoms with Gasteiger partial charge in [-0.05, 0) is 12.8 Å². The van der Waals surface area contributed by atoms with Crippen LogP contribution in [0.5, 0.6) is 0 Å². The highest BCUT2D eigenvalue weighted by molar-refractivity contribution is 5.38.